The van der Waals surface area contributed by atoms with Crippen LogP contribution in [0, 0.1) is 0 Å². The highest BCUT2D eigenvalue weighted by atomic mass is 32.2. The molecule has 16 heavy (non-hydrogen) atoms. The fourth-order valence-corrected chi connectivity index (χ4v) is 1.68. The molecule has 1 aliphatic heterocycles. The van der Waals surface area contributed by atoms with Gasteiger partial charge in [0.05, 0.1) is 11.9 Å². The Hall–Kier alpha value is -1.15. The predicted octanol–water partition coefficient (Wildman–Crippen LogP) is 0.376. The van der Waals surface area contributed by atoms with Gasteiger partial charge in [-0.25, -0.2) is 22.8 Å². The van der Waals surface area contributed by atoms with E-state index in [1.54, 1.807) is 12.1 Å². The predicted molar refractivity (Wildman–Crippen MR) is 57.6 cm³/mol. The maximum absolute atomic E-state index is 10.9. The zero-order valence-electron chi connectivity index (χ0n) is 8.71. The summed E-state index contributed by atoms with van der Waals surface area (Å²) in [5, 5.41) is 1.28. The summed E-state index contributed by atoms with van der Waals surface area (Å²) in [4.78, 5) is 9.98. The number of sulfonamides is 1. The average molecular weight is 244 g/mol. The Morgan fingerprint density at radius 1 is 1.44 bits per heavy atom. The van der Waals surface area contributed by atoms with Crippen LogP contribution < -0.4 is 9.95 Å². The van der Waals surface area contributed by atoms with E-state index in [4.69, 9.17) is 9.68 Å². The average Bonchev–Trinajstić information content (AvgIpc) is 2.12. The van der Waals surface area contributed by atoms with Gasteiger partial charge in [-0.05, 0) is 17.7 Å². The lowest BCUT2D eigenvalue weighted by Crippen LogP contribution is -2.36. The van der Waals surface area contributed by atoms with Crippen molar-refractivity contribution >= 4 is 15.7 Å². The molecule has 1 aromatic carbocycles. The highest BCUT2D eigenvalue weighted by molar-refractivity contribution is 7.88. The van der Waals surface area contributed by atoms with Gasteiger partial charge in [-0.3, -0.25) is 0 Å². The molecule has 0 aromatic heterocycles. The Labute approximate surface area is 93.7 Å². The first-order valence-corrected chi connectivity index (χ1v) is 6.53. The summed E-state index contributed by atoms with van der Waals surface area (Å²) in [6, 6.07) is 7.22. The van der Waals surface area contributed by atoms with E-state index in [1.165, 1.54) is 5.23 Å². The number of benzene rings is 1. The summed E-state index contributed by atoms with van der Waals surface area (Å²) in [6.07, 6.45) is 1.12. The van der Waals surface area contributed by atoms with Gasteiger partial charge in [0.15, 0.2) is 0 Å². The third-order valence-electron chi connectivity index (χ3n) is 2.00. The van der Waals surface area contributed by atoms with Crippen molar-refractivity contribution in [3.63, 3.8) is 0 Å². The summed E-state index contributed by atoms with van der Waals surface area (Å²) >= 11 is 0. The third kappa shape index (κ3) is 2.92. The second kappa shape index (κ2) is 4.38. The van der Waals surface area contributed by atoms with E-state index in [9.17, 15) is 8.42 Å². The van der Waals surface area contributed by atoms with Crippen molar-refractivity contribution in [2.45, 2.75) is 6.54 Å². The minimum Gasteiger partial charge on any atom is -0.217 e. The summed E-state index contributed by atoms with van der Waals surface area (Å²) in [6.45, 7) is 0.492. The third-order valence-corrected chi connectivity index (χ3v) is 2.67. The Morgan fingerprint density at radius 3 is 2.75 bits per heavy atom. The Kier molecular flexibility index (Phi) is 3.10. The summed E-state index contributed by atoms with van der Waals surface area (Å²) < 4.78 is 24.3. The number of rotatable bonds is 4. The summed E-state index contributed by atoms with van der Waals surface area (Å²) in [7, 11) is -3.17. The van der Waals surface area contributed by atoms with E-state index in [0.717, 1.165) is 17.5 Å². The minimum atomic E-state index is -3.17. The first kappa shape index (κ1) is 11.3. The number of hydrogen-bond donors (Lipinski definition) is 1. The molecule has 0 radical (unpaired) electrons. The zero-order valence-corrected chi connectivity index (χ0v) is 9.53. The fraction of sp³-hybridized carbons (Fsp3) is 0.333. The summed E-state index contributed by atoms with van der Waals surface area (Å²) in [5.74, 6) is 0. The first-order chi connectivity index (χ1) is 7.54. The van der Waals surface area contributed by atoms with Crippen LogP contribution in [0.5, 0.6) is 0 Å². The molecule has 0 saturated carbocycles. The number of nitrogens with one attached hydrogen (secondary N) is 1. The van der Waals surface area contributed by atoms with Gasteiger partial charge in [0.2, 0.25) is 16.8 Å². The van der Waals surface area contributed by atoms with Crippen LogP contribution in [-0.4, -0.2) is 21.5 Å². The first-order valence-electron chi connectivity index (χ1n) is 4.64. The van der Waals surface area contributed by atoms with Crippen molar-refractivity contribution in [2.24, 2.45) is 0 Å². The molecule has 1 fully saturated rings. The molecule has 0 unspecified atom stereocenters. The molecule has 1 heterocycles. The Morgan fingerprint density at radius 2 is 2.19 bits per heavy atom. The Balaban J connectivity index is 2.04. The molecule has 0 spiro atoms. The van der Waals surface area contributed by atoms with Crippen LogP contribution in [0.1, 0.15) is 5.56 Å². The highest BCUT2D eigenvalue weighted by Crippen LogP contribution is 2.21. The van der Waals surface area contributed by atoms with Crippen molar-refractivity contribution in [3.05, 3.63) is 29.8 Å². The number of nitrogens with zero attached hydrogens (tertiary/aromatic N) is 1. The van der Waals surface area contributed by atoms with E-state index in [-0.39, 0.29) is 13.3 Å². The standard InChI is InChI=1S/C9H12N2O4S/c1-16(12,13)10-6-8-3-2-4-9(5-8)11-14-7-15-11/h2-5,10H,6-7H2,1H3. The van der Waals surface area contributed by atoms with E-state index in [1.807, 2.05) is 12.1 Å². The maximum atomic E-state index is 10.9. The van der Waals surface area contributed by atoms with Gasteiger partial charge in [-0.15, -0.1) is 5.23 Å². The Bertz CT molecular complexity index is 470. The zero-order chi connectivity index (χ0) is 11.6. The molecule has 1 aromatic rings. The lowest BCUT2D eigenvalue weighted by Gasteiger charge is -2.30. The van der Waals surface area contributed by atoms with Crippen molar-refractivity contribution in [3.8, 4) is 0 Å². The van der Waals surface area contributed by atoms with Crippen molar-refractivity contribution in [2.75, 3.05) is 18.3 Å². The second-order valence-electron chi connectivity index (χ2n) is 3.40. The van der Waals surface area contributed by atoms with E-state index in [2.05, 4.69) is 4.72 Å². The number of hydrogen-bond acceptors (Lipinski definition) is 5. The smallest absolute Gasteiger partial charge is 0.209 e. The van der Waals surface area contributed by atoms with Crippen LogP contribution in [0.4, 0.5) is 5.69 Å². The van der Waals surface area contributed by atoms with Crippen molar-refractivity contribution in [1.82, 2.24) is 4.72 Å². The lowest BCUT2D eigenvalue weighted by molar-refractivity contribution is -0.277. The van der Waals surface area contributed by atoms with Gasteiger partial charge in [0.25, 0.3) is 0 Å². The second-order valence-corrected chi connectivity index (χ2v) is 5.23. The van der Waals surface area contributed by atoms with Crippen LogP contribution in [0.2, 0.25) is 0 Å². The highest BCUT2D eigenvalue weighted by Gasteiger charge is 2.17. The molecule has 0 bridgehead atoms. The van der Waals surface area contributed by atoms with Gasteiger partial charge in [0.1, 0.15) is 0 Å². The van der Waals surface area contributed by atoms with Crippen LogP contribution in [0.3, 0.4) is 0 Å². The maximum Gasteiger partial charge on any atom is 0.209 e. The molecule has 0 amide bonds. The summed E-state index contributed by atoms with van der Waals surface area (Å²) in [5.41, 5.74) is 1.57. The SMILES string of the molecule is CS(=O)(=O)NCc1cccc(N2OCO2)c1. The normalized spacial score (nSPS) is 15.9. The molecule has 88 valence electrons. The molecule has 1 saturated heterocycles. The minimum absolute atomic E-state index is 0.242. The monoisotopic (exact) mass is 244 g/mol. The van der Waals surface area contributed by atoms with Crippen LogP contribution in [-0.2, 0) is 26.2 Å². The van der Waals surface area contributed by atoms with E-state index in [0.29, 0.717) is 0 Å². The molecule has 1 N–H and O–H groups in total. The van der Waals surface area contributed by atoms with Gasteiger partial charge < -0.3 is 0 Å². The van der Waals surface area contributed by atoms with E-state index < -0.39 is 10.0 Å². The van der Waals surface area contributed by atoms with Gasteiger partial charge in [0, 0.05) is 6.54 Å². The molecular formula is C9H12N2O4S. The topological polar surface area (TPSA) is 67.9 Å². The molecular weight excluding hydrogens is 232 g/mol. The van der Waals surface area contributed by atoms with Crippen molar-refractivity contribution < 1.29 is 18.1 Å². The van der Waals surface area contributed by atoms with Gasteiger partial charge >= 0.3 is 0 Å². The van der Waals surface area contributed by atoms with Crippen molar-refractivity contribution in [1.29, 1.82) is 0 Å². The van der Waals surface area contributed by atoms with Crippen LogP contribution in [0.15, 0.2) is 24.3 Å². The van der Waals surface area contributed by atoms with Crippen LogP contribution >= 0.6 is 0 Å². The molecule has 1 aliphatic rings. The molecule has 0 atom stereocenters. The molecule has 7 heteroatoms. The fourth-order valence-electron chi connectivity index (χ4n) is 1.25. The number of anilines is 1. The molecule has 0 aliphatic carbocycles. The van der Waals surface area contributed by atoms with Gasteiger partial charge in [-0.2, -0.15) is 0 Å². The quantitative estimate of drug-likeness (QED) is 0.829. The molecule has 2 rings (SSSR count). The van der Waals surface area contributed by atoms with Crippen LogP contribution in [0.25, 0.3) is 0 Å². The lowest BCUT2D eigenvalue weighted by atomic mass is 10.2. The van der Waals surface area contributed by atoms with Gasteiger partial charge in [-0.1, -0.05) is 12.1 Å². The largest absolute Gasteiger partial charge is 0.217 e. The van der Waals surface area contributed by atoms with E-state index >= 15 is 0 Å². The molecule has 6 nitrogen and oxygen atoms in total.